The molecular weight excluding hydrogens is 283 g/mol. The summed E-state index contributed by atoms with van der Waals surface area (Å²) in [4.78, 5) is 0. The predicted octanol–water partition coefficient (Wildman–Crippen LogP) is 3.06. The first-order valence-electron chi connectivity index (χ1n) is 6.68. The number of nitriles is 1. The van der Waals surface area contributed by atoms with Crippen LogP contribution in [0.25, 0.3) is 0 Å². The van der Waals surface area contributed by atoms with Gasteiger partial charge in [0.1, 0.15) is 29.0 Å². The van der Waals surface area contributed by atoms with Crippen molar-refractivity contribution in [2.24, 2.45) is 5.73 Å². The highest BCUT2D eigenvalue weighted by molar-refractivity contribution is 5.60. The Labute approximate surface area is 126 Å². The van der Waals surface area contributed by atoms with E-state index in [1.165, 1.54) is 12.1 Å². The van der Waals surface area contributed by atoms with Gasteiger partial charge in [-0.1, -0.05) is 18.2 Å². The maximum atomic E-state index is 14.3. The predicted molar refractivity (Wildman–Crippen MR) is 78.5 cm³/mol. The molecule has 1 atom stereocenters. The van der Waals surface area contributed by atoms with Crippen molar-refractivity contribution >= 4 is 0 Å². The monoisotopic (exact) mass is 296 g/mol. The Morgan fingerprint density at radius 3 is 2.73 bits per heavy atom. The minimum absolute atomic E-state index is 0.0248. The van der Waals surface area contributed by atoms with Gasteiger partial charge in [0.2, 0.25) is 5.88 Å². The van der Waals surface area contributed by atoms with E-state index < -0.39 is 11.7 Å². The Kier molecular flexibility index (Phi) is 3.22. The van der Waals surface area contributed by atoms with Gasteiger partial charge in [-0.25, -0.2) is 4.39 Å². The number of ether oxygens (including phenoxy) is 1. The minimum atomic E-state index is -0.657. The lowest BCUT2D eigenvalue weighted by atomic mass is 9.81. The van der Waals surface area contributed by atoms with Crippen molar-refractivity contribution in [3.63, 3.8) is 0 Å². The van der Waals surface area contributed by atoms with Gasteiger partial charge in [0.05, 0.1) is 5.92 Å². The molecule has 1 unspecified atom stereocenters. The highest BCUT2D eigenvalue weighted by atomic mass is 19.1. The lowest BCUT2D eigenvalue weighted by molar-refractivity contribution is 0.386. The second kappa shape index (κ2) is 5.08. The van der Waals surface area contributed by atoms with E-state index in [1.54, 1.807) is 31.2 Å². The smallest absolute Gasteiger partial charge is 0.205 e. The second-order valence-electron chi connectivity index (χ2n) is 5.12. The van der Waals surface area contributed by atoms with Gasteiger partial charge >= 0.3 is 0 Å². The van der Waals surface area contributed by atoms with Gasteiger partial charge in [0.25, 0.3) is 0 Å². The molecule has 5 heteroatoms. The number of aromatic hydroxyl groups is 1. The number of phenolic OH excluding ortho intramolecular Hbond substituents is 1. The summed E-state index contributed by atoms with van der Waals surface area (Å²) in [6, 6.07) is 11.2. The standard InChI is InChI=1S/C17H13FN2O2/c1-9-6-10(21)7-14-15(9)16(12(8-19)17(20)22-14)11-4-2-3-5-13(11)18/h2-7,16,21H,20H2,1H3. The zero-order valence-corrected chi connectivity index (χ0v) is 11.8. The molecule has 22 heavy (non-hydrogen) atoms. The van der Waals surface area contributed by atoms with E-state index in [0.29, 0.717) is 22.4 Å². The summed E-state index contributed by atoms with van der Waals surface area (Å²) in [7, 11) is 0. The molecule has 0 saturated heterocycles. The number of benzene rings is 2. The number of halogens is 1. The molecule has 0 radical (unpaired) electrons. The zero-order chi connectivity index (χ0) is 15.9. The molecule has 4 nitrogen and oxygen atoms in total. The Balaban J connectivity index is 2.33. The summed E-state index contributed by atoms with van der Waals surface area (Å²) in [6.45, 7) is 1.77. The van der Waals surface area contributed by atoms with Crippen LogP contribution in [0.5, 0.6) is 11.5 Å². The quantitative estimate of drug-likeness (QED) is 0.847. The fourth-order valence-corrected chi connectivity index (χ4v) is 2.80. The third-order valence-corrected chi connectivity index (χ3v) is 3.73. The number of aryl methyl sites for hydroxylation is 1. The van der Waals surface area contributed by atoms with Crippen molar-refractivity contribution in [1.82, 2.24) is 0 Å². The number of allylic oxidation sites excluding steroid dienone is 1. The lowest BCUT2D eigenvalue weighted by Gasteiger charge is -2.28. The van der Waals surface area contributed by atoms with E-state index in [-0.39, 0.29) is 17.2 Å². The van der Waals surface area contributed by atoms with E-state index in [1.807, 2.05) is 6.07 Å². The van der Waals surface area contributed by atoms with Crippen LogP contribution in [0, 0.1) is 24.1 Å². The van der Waals surface area contributed by atoms with Gasteiger partial charge in [-0.05, 0) is 24.6 Å². The van der Waals surface area contributed by atoms with Crippen LogP contribution in [0.15, 0.2) is 47.9 Å². The summed E-state index contributed by atoms with van der Waals surface area (Å²) >= 11 is 0. The normalized spacial score (nSPS) is 16.7. The summed E-state index contributed by atoms with van der Waals surface area (Å²) in [6.07, 6.45) is 0. The molecule has 3 rings (SSSR count). The fraction of sp³-hybridized carbons (Fsp3) is 0.118. The Morgan fingerprint density at radius 1 is 1.32 bits per heavy atom. The molecule has 1 aliphatic rings. The van der Waals surface area contributed by atoms with Crippen molar-refractivity contribution in [1.29, 1.82) is 5.26 Å². The number of hydrogen-bond donors (Lipinski definition) is 2. The molecule has 0 aromatic heterocycles. The van der Waals surface area contributed by atoms with Crippen LogP contribution in [0.2, 0.25) is 0 Å². The van der Waals surface area contributed by atoms with E-state index in [4.69, 9.17) is 10.5 Å². The van der Waals surface area contributed by atoms with Crippen LogP contribution in [0.4, 0.5) is 4.39 Å². The van der Waals surface area contributed by atoms with Crippen LogP contribution in [-0.2, 0) is 0 Å². The van der Waals surface area contributed by atoms with Gasteiger partial charge in [0, 0.05) is 17.2 Å². The average molecular weight is 296 g/mol. The van der Waals surface area contributed by atoms with Crippen molar-refractivity contribution in [2.45, 2.75) is 12.8 Å². The number of phenols is 1. The van der Waals surface area contributed by atoms with Crippen molar-refractivity contribution in [2.75, 3.05) is 0 Å². The van der Waals surface area contributed by atoms with Crippen LogP contribution in [-0.4, -0.2) is 5.11 Å². The van der Waals surface area contributed by atoms with Gasteiger partial charge in [-0.15, -0.1) is 0 Å². The molecule has 2 aromatic carbocycles. The van der Waals surface area contributed by atoms with E-state index in [9.17, 15) is 14.8 Å². The molecule has 1 aliphatic heterocycles. The number of nitrogens with two attached hydrogens (primary N) is 1. The average Bonchev–Trinajstić information content (AvgIpc) is 2.46. The maximum absolute atomic E-state index is 14.3. The van der Waals surface area contributed by atoms with E-state index >= 15 is 0 Å². The third kappa shape index (κ3) is 2.06. The van der Waals surface area contributed by atoms with Gasteiger partial charge in [0.15, 0.2) is 0 Å². The van der Waals surface area contributed by atoms with Crippen molar-refractivity contribution in [3.8, 4) is 17.6 Å². The highest BCUT2D eigenvalue weighted by Gasteiger charge is 2.33. The molecule has 110 valence electrons. The summed E-state index contributed by atoms with van der Waals surface area (Å²) in [5.41, 5.74) is 7.65. The number of nitrogens with zero attached hydrogens (tertiary/aromatic N) is 1. The summed E-state index contributed by atoms with van der Waals surface area (Å²) in [5, 5.41) is 19.1. The molecule has 0 aliphatic carbocycles. The number of rotatable bonds is 1. The molecule has 0 saturated carbocycles. The first-order chi connectivity index (χ1) is 10.5. The van der Waals surface area contributed by atoms with Crippen LogP contribution < -0.4 is 10.5 Å². The van der Waals surface area contributed by atoms with Gasteiger partial charge in [-0.2, -0.15) is 5.26 Å². The third-order valence-electron chi connectivity index (χ3n) is 3.73. The minimum Gasteiger partial charge on any atom is -0.508 e. The van der Waals surface area contributed by atoms with Gasteiger partial charge < -0.3 is 15.6 Å². The molecule has 2 aromatic rings. The number of fused-ring (bicyclic) bond motifs is 1. The highest BCUT2D eigenvalue weighted by Crippen LogP contribution is 2.45. The molecule has 0 bridgehead atoms. The number of hydrogen-bond acceptors (Lipinski definition) is 4. The SMILES string of the molecule is Cc1cc(O)cc2c1C(c1ccccc1F)C(C#N)=C(N)O2. The Bertz CT molecular complexity index is 837. The van der Waals surface area contributed by atoms with Crippen molar-refractivity contribution < 1.29 is 14.2 Å². The first-order valence-corrected chi connectivity index (χ1v) is 6.68. The van der Waals surface area contributed by atoms with E-state index in [0.717, 1.165) is 0 Å². The fourth-order valence-electron chi connectivity index (χ4n) is 2.80. The Hall–Kier alpha value is -3.00. The van der Waals surface area contributed by atoms with Crippen LogP contribution in [0.1, 0.15) is 22.6 Å². The first kappa shape index (κ1) is 14.0. The Morgan fingerprint density at radius 2 is 2.05 bits per heavy atom. The summed E-state index contributed by atoms with van der Waals surface area (Å²) in [5.74, 6) is -0.795. The van der Waals surface area contributed by atoms with Gasteiger partial charge in [-0.3, -0.25) is 0 Å². The molecule has 0 fully saturated rings. The molecule has 0 spiro atoms. The molecule has 0 amide bonds. The zero-order valence-electron chi connectivity index (χ0n) is 11.8. The van der Waals surface area contributed by atoms with Crippen LogP contribution in [0.3, 0.4) is 0 Å². The molecule has 3 N–H and O–H groups in total. The van der Waals surface area contributed by atoms with Crippen LogP contribution >= 0.6 is 0 Å². The van der Waals surface area contributed by atoms with E-state index in [2.05, 4.69) is 0 Å². The summed E-state index contributed by atoms with van der Waals surface area (Å²) < 4.78 is 19.7. The lowest BCUT2D eigenvalue weighted by Crippen LogP contribution is -2.22. The second-order valence-corrected chi connectivity index (χ2v) is 5.12. The largest absolute Gasteiger partial charge is 0.508 e. The van der Waals surface area contributed by atoms with Crippen molar-refractivity contribution in [3.05, 3.63) is 70.4 Å². The topological polar surface area (TPSA) is 79.3 Å². The molecule has 1 heterocycles. The maximum Gasteiger partial charge on any atom is 0.205 e. The molecular formula is C17H13FN2O2.